The number of nitro benzene ring substituents is 3. The highest BCUT2D eigenvalue weighted by Gasteiger charge is 2.34. The first-order chi connectivity index (χ1) is 15.8. The highest BCUT2D eigenvalue weighted by atomic mass is 16.6. The van der Waals surface area contributed by atoms with Gasteiger partial charge in [0.05, 0.1) is 47.0 Å². The van der Waals surface area contributed by atoms with E-state index in [0.29, 0.717) is 12.1 Å². The maximum Gasteiger partial charge on any atom is 0.287 e. The number of fused-ring (bicyclic) bond motifs is 1. The van der Waals surface area contributed by atoms with Crippen LogP contribution >= 0.6 is 0 Å². The van der Waals surface area contributed by atoms with E-state index in [1.807, 2.05) is 68.3 Å². The van der Waals surface area contributed by atoms with E-state index in [1.165, 1.54) is 0 Å². The Morgan fingerprint density at radius 2 is 1.56 bits per heavy atom. The number of para-hydroxylation sites is 2. The van der Waals surface area contributed by atoms with E-state index in [-0.39, 0.29) is 0 Å². The molecule has 3 aromatic rings. The predicted octanol–water partition coefficient (Wildman–Crippen LogP) is 4.89. The number of non-ortho nitro benzene ring substituents is 1. The van der Waals surface area contributed by atoms with Gasteiger partial charge >= 0.3 is 0 Å². The summed E-state index contributed by atoms with van der Waals surface area (Å²) in [4.78, 5) is 31.0. The maximum absolute atomic E-state index is 11.5. The van der Waals surface area contributed by atoms with Crippen molar-refractivity contribution in [1.29, 1.82) is 0 Å². The van der Waals surface area contributed by atoms with Crippen LogP contribution in [0.5, 0.6) is 0 Å². The van der Waals surface area contributed by atoms with E-state index in [9.17, 15) is 30.3 Å². The quantitative estimate of drug-likeness (QED) is 0.205. The molecule has 0 aliphatic rings. The molecule has 0 amide bonds. The highest BCUT2D eigenvalue weighted by molar-refractivity contribution is 5.74. The normalized spacial score (nSPS) is 12.7. The molecule has 0 radical (unpaired) electrons. The largest absolute Gasteiger partial charge is 0.365 e. The van der Waals surface area contributed by atoms with E-state index in [1.54, 1.807) is 0 Å². The minimum absolute atomic E-state index is 0.480. The van der Waals surface area contributed by atoms with Crippen molar-refractivity contribution in [1.82, 2.24) is 4.57 Å². The summed E-state index contributed by atoms with van der Waals surface area (Å²) in [6.07, 6.45) is 0. The summed E-state index contributed by atoms with van der Waals surface area (Å²) in [5, 5.41) is 41.4. The highest BCUT2D eigenvalue weighted by Crippen LogP contribution is 2.43. The van der Waals surface area contributed by atoms with Gasteiger partial charge in [0.15, 0.2) is 11.0 Å². The lowest BCUT2D eigenvalue weighted by atomic mass is 9.86. The average molecular weight is 470 g/mol. The second kappa shape index (κ2) is 8.80. The van der Waals surface area contributed by atoms with Gasteiger partial charge in [0.1, 0.15) is 5.69 Å². The fourth-order valence-corrected chi connectivity index (χ4v) is 3.68. The molecule has 178 valence electrons. The minimum Gasteiger partial charge on any atom is -0.365 e. The second-order valence-electron chi connectivity index (χ2n) is 8.64. The van der Waals surface area contributed by atoms with E-state index in [4.69, 9.17) is 0 Å². The summed E-state index contributed by atoms with van der Waals surface area (Å²) in [6, 6.07) is 8.32. The smallest absolute Gasteiger partial charge is 0.287 e. The van der Waals surface area contributed by atoms with Crippen LogP contribution in [0.2, 0.25) is 0 Å². The Balaban J connectivity index is 2.10. The summed E-state index contributed by atoms with van der Waals surface area (Å²) in [6.45, 7) is 5.77. The van der Waals surface area contributed by atoms with Gasteiger partial charge in [-0.3, -0.25) is 35.6 Å². The van der Waals surface area contributed by atoms with Crippen molar-refractivity contribution in [2.24, 2.45) is 29.8 Å². The number of nitro groups is 3. The zero-order chi connectivity index (χ0) is 25.4. The Morgan fingerprint density at radius 1 is 1.00 bits per heavy atom. The first-order valence-electron chi connectivity index (χ1n) is 10.00. The number of nitrogens with zero attached hydrogens (tertiary/aromatic N) is 8. The lowest BCUT2D eigenvalue weighted by Crippen LogP contribution is -2.37. The molecule has 1 heterocycles. The van der Waals surface area contributed by atoms with E-state index in [0.717, 1.165) is 16.9 Å². The van der Waals surface area contributed by atoms with E-state index >= 15 is 0 Å². The van der Waals surface area contributed by atoms with Crippen LogP contribution < -0.4 is 4.57 Å². The van der Waals surface area contributed by atoms with Crippen LogP contribution in [0.4, 0.5) is 22.7 Å². The summed E-state index contributed by atoms with van der Waals surface area (Å²) in [7, 11) is 3.74. The molecule has 0 aliphatic heterocycles. The number of aromatic nitrogens is 2. The molecular weight excluding hydrogens is 448 g/mol. The van der Waals surface area contributed by atoms with Crippen molar-refractivity contribution < 1.29 is 19.3 Å². The summed E-state index contributed by atoms with van der Waals surface area (Å²) < 4.78 is 3.89. The van der Waals surface area contributed by atoms with Gasteiger partial charge in [0, 0.05) is 0 Å². The molecule has 14 nitrogen and oxygen atoms in total. The standard InChI is InChI=1S/C20H22N8O6/c1-20(2,3)18(19-24(4)13-8-6-7-9-14(13)25(19)5)22-23-21-17-15(27(31)32)10-12(26(29)30)11-16(17)28(33)34/h6-11,18H,1-5H3. The van der Waals surface area contributed by atoms with Gasteiger partial charge in [0.25, 0.3) is 22.9 Å². The topological polar surface area (TPSA) is 177 Å². The van der Waals surface area contributed by atoms with Crippen LogP contribution in [-0.2, 0) is 14.1 Å². The van der Waals surface area contributed by atoms with Crippen LogP contribution in [0.15, 0.2) is 46.7 Å². The van der Waals surface area contributed by atoms with Crippen LogP contribution in [0.25, 0.3) is 16.5 Å². The third-order valence-electron chi connectivity index (χ3n) is 5.33. The third-order valence-corrected chi connectivity index (χ3v) is 5.33. The molecule has 0 fully saturated rings. The first kappa shape index (κ1) is 24.2. The Labute approximate surface area is 192 Å². The molecule has 0 spiro atoms. The van der Waals surface area contributed by atoms with Crippen molar-refractivity contribution in [3.63, 3.8) is 0 Å². The molecule has 1 unspecified atom stereocenters. The Bertz CT molecular complexity index is 1270. The molecular formula is C20H22N8O6. The molecule has 3 rings (SSSR count). The van der Waals surface area contributed by atoms with Gasteiger partial charge in [-0.15, -0.1) is 0 Å². The maximum atomic E-state index is 11.5. The van der Waals surface area contributed by atoms with Gasteiger partial charge in [-0.2, -0.15) is 0 Å². The monoisotopic (exact) mass is 470 g/mol. The van der Waals surface area contributed by atoms with Gasteiger partial charge in [-0.05, 0) is 17.5 Å². The first-order valence-corrected chi connectivity index (χ1v) is 10.00. The zero-order valence-corrected chi connectivity index (χ0v) is 19.1. The number of benzene rings is 2. The third kappa shape index (κ3) is 4.37. The van der Waals surface area contributed by atoms with Gasteiger partial charge < -0.3 is 10.5 Å². The number of imidazole rings is 1. The zero-order valence-electron chi connectivity index (χ0n) is 19.1. The SMILES string of the molecule is Cn1c(C([N-]N=Nc2c([N+](=O)[O-])cc([N+](=O)[O-])cc2[N+](=O)[O-])C(C)(C)C)[n+](C)c2ccccc21. The van der Waals surface area contributed by atoms with Crippen LogP contribution in [-0.4, -0.2) is 19.3 Å². The molecule has 0 saturated heterocycles. The summed E-state index contributed by atoms with van der Waals surface area (Å²) in [5.74, 6) is 0.764. The fraction of sp³-hybridized carbons (Fsp3) is 0.350. The van der Waals surface area contributed by atoms with Gasteiger partial charge in [-0.25, -0.2) is 9.13 Å². The second-order valence-corrected chi connectivity index (χ2v) is 8.64. The molecule has 1 atom stereocenters. The number of aryl methyl sites for hydroxylation is 2. The number of rotatable bonds is 7. The summed E-state index contributed by atoms with van der Waals surface area (Å²) in [5.41, 5.74) is 2.33. The molecule has 0 saturated carbocycles. The Morgan fingerprint density at radius 3 is 2.03 bits per heavy atom. The average Bonchev–Trinajstić information content (AvgIpc) is 3.00. The van der Waals surface area contributed by atoms with Crippen molar-refractivity contribution in [3.8, 4) is 0 Å². The Kier molecular flexibility index (Phi) is 6.25. The van der Waals surface area contributed by atoms with Crippen molar-refractivity contribution in [2.75, 3.05) is 0 Å². The van der Waals surface area contributed by atoms with Gasteiger partial charge in [0.2, 0.25) is 0 Å². The summed E-state index contributed by atoms with van der Waals surface area (Å²) >= 11 is 0. The molecule has 0 bridgehead atoms. The molecule has 34 heavy (non-hydrogen) atoms. The molecule has 0 N–H and O–H groups in total. The van der Waals surface area contributed by atoms with Crippen molar-refractivity contribution >= 4 is 33.8 Å². The van der Waals surface area contributed by atoms with Crippen molar-refractivity contribution in [2.45, 2.75) is 26.8 Å². The predicted molar refractivity (Wildman–Crippen MR) is 121 cm³/mol. The van der Waals surface area contributed by atoms with Crippen LogP contribution in [0.1, 0.15) is 32.6 Å². The lowest BCUT2D eigenvalue weighted by Gasteiger charge is -2.31. The van der Waals surface area contributed by atoms with Crippen molar-refractivity contribution in [3.05, 3.63) is 78.0 Å². The minimum atomic E-state index is -0.987. The van der Waals surface area contributed by atoms with Crippen LogP contribution in [0.3, 0.4) is 0 Å². The van der Waals surface area contributed by atoms with Crippen LogP contribution in [0, 0.1) is 35.8 Å². The number of hydrogen-bond acceptors (Lipinski definition) is 8. The molecule has 0 aliphatic carbocycles. The van der Waals surface area contributed by atoms with E-state index < -0.39 is 49.0 Å². The number of hydrogen-bond donors (Lipinski definition) is 0. The fourth-order valence-electron chi connectivity index (χ4n) is 3.68. The molecule has 2 aromatic carbocycles. The molecule has 14 heteroatoms. The van der Waals surface area contributed by atoms with Gasteiger partial charge in [-0.1, -0.05) is 32.9 Å². The van der Waals surface area contributed by atoms with E-state index in [2.05, 4.69) is 15.8 Å². The lowest BCUT2D eigenvalue weighted by molar-refractivity contribution is -0.655. The molecule has 1 aromatic heterocycles. The Hall–Kier alpha value is -4.49.